The van der Waals surface area contributed by atoms with E-state index in [2.05, 4.69) is 4.99 Å². The number of nitrogens with zero attached hydrogens (tertiary/aromatic N) is 1. The highest BCUT2D eigenvalue weighted by Crippen LogP contribution is 2.17. The molecule has 0 atom stereocenters. The Hall–Kier alpha value is -0.610. The van der Waals surface area contributed by atoms with Gasteiger partial charge in [0.05, 0.1) is 0 Å². The van der Waals surface area contributed by atoms with Gasteiger partial charge in [0.2, 0.25) is 0 Å². The molecule has 0 aliphatic rings. The molecule has 0 fully saturated rings. The van der Waals surface area contributed by atoms with Crippen molar-refractivity contribution in [2.75, 3.05) is 6.54 Å². The number of unbranched alkanes of at least 4 members (excludes halogenated alkanes) is 1. The molecule has 0 aromatic rings. The van der Waals surface area contributed by atoms with Crippen LogP contribution in [-0.4, -0.2) is 18.7 Å². The van der Waals surface area contributed by atoms with Gasteiger partial charge in [0.1, 0.15) is 0 Å². The predicted octanol–water partition coefficient (Wildman–Crippen LogP) is 2.72. The SMILES string of the molecule is CCCCN=C(F)C(F)(F)F. The van der Waals surface area contributed by atoms with Crippen molar-refractivity contribution in [1.29, 1.82) is 0 Å². The zero-order valence-corrected chi connectivity index (χ0v) is 6.08. The van der Waals surface area contributed by atoms with Crippen molar-refractivity contribution < 1.29 is 17.6 Å². The first kappa shape index (κ1) is 10.4. The minimum Gasteiger partial charge on any atom is -0.254 e. The normalized spacial score (nSPS) is 13.7. The van der Waals surface area contributed by atoms with Crippen molar-refractivity contribution in [3.8, 4) is 0 Å². The van der Waals surface area contributed by atoms with Crippen molar-refractivity contribution in [2.24, 2.45) is 4.99 Å². The fraction of sp³-hybridized carbons (Fsp3) is 0.833. The Bertz CT molecular complexity index is 138. The summed E-state index contributed by atoms with van der Waals surface area (Å²) in [6.45, 7) is 1.70. The Morgan fingerprint density at radius 3 is 2.27 bits per heavy atom. The second-order valence-corrected chi connectivity index (χ2v) is 2.02. The summed E-state index contributed by atoms with van der Waals surface area (Å²) in [4.78, 5) is 2.71. The van der Waals surface area contributed by atoms with Gasteiger partial charge in [-0.2, -0.15) is 17.6 Å². The summed E-state index contributed by atoms with van der Waals surface area (Å²) in [5, 5.41) is 0. The average molecular weight is 171 g/mol. The lowest BCUT2D eigenvalue weighted by atomic mass is 10.3. The second-order valence-electron chi connectivity index (χ2n) is 2.02. The maximum atomic E-state index is 11.9. The molecule has 11 heavy (non-hydrogen) atoms. The molecule has 1 nitrogen and oxygen atoms in total. The molecular weight excluding hydrogens is 162 g/mol. The fourth-order valence-electron chi connectivity index (χ4n) is 0.425. The second kappa shape index (κ2) is 4.31. The van der Waals surface area contributed by atoms with Crippen molar-refractivity contribution in [1.82, 2.24) is 0 Å². The standard InChI is InChI=1S/C6H9F4N/c1-2-3-4-11-5(7)6(8,9)10/h2-4H2,1H3. The maximum absolute atomic E-state index is 11.9. The van der Waals surface area contributed by atoms with Crippen LogP contribution in [0.2, 0.25) is 0 Å². The van der Waals surface area contributed by atoms with Gasteiger partial charge in [0, 0.05) is 6.54 Å². The van der Waals surface area contributed by atoms with Crippen LogP contribution < -0.4 is 0 Å². The quantitative estimate of drug-likeness (QED) is 0.351. The Labute approximate surface area is 62.1 Å². The molecule has 0 aliphatic carbocycles. The molecule has 5 heteroatoms. The van der Waals surface area contributed by atoms with E-state index >= 15 is 0 Å². The molecular formula is C6H9F4N. The van der Waals surface area contributed by atoms with Gasteiger partial charge in [0.15, 0.2) is 0 Å². The molecule has 0 unspecified atom stereocenters. The van der Waals surface area contributed by atoms with Gasteiger partial charge >= 0.3 is 6.18 Å². The lowest BCUT2D eigenvalue weighted by molar-refractivity contribution is -0.0675. The zero-order valence-electron chi connectivity index (χ0n) is 6.08. The summed E-state index contributed by atoms with van der Waals surface area (Å²) >= 11 is 0. The van der Waals surface area contributed by atoms with E-state index in [9.17, 15) is 17.6 Å². The molecule has 0 saturated carbocycles. The summed E-state index contributed by atoms with van der Waals surface area (Å²) < 4.78 is 46.0. The van der Waals surface area contributed by atoms with E-state index in [0.717, 1.165) is 0 Å². The molecule has 0 radical (unpaired) electrons. The highest BCUT2D eigenvalue weighted by molar-refractivity contribution is 5.80. The predicted molar refractivity (Wildman–Crippen MR) is 34.4 cm³/mol. The number of aliphatic imine (C=N–C) groups is 1. The molecule has 0 aliphatic heterocycles. The van der Waals surface area contributed by atoms with E-state index in [1.165, 1.54) is 0 Å². The Kier molecular flexibility index (Phi) is 4.07. The van der Waals surface area contributed by atoms with Gasteiger partial charge < -0.3 is 0 Å². The molecule has 0 bridgehead atoms. The fourth-order valence-corrected chi connectivity index (χ4v) is 0.425. The van der Waals surface area contributed by atoms with Crippen LogP contribution in [0.3, 0.4) is 0 Å². The van der Waals surface area contributed by atoms with Gasteiger partial charge in [-0.05, 0) is 6.42 Å². The van der Waals surface area contributed by atoms with E-state index in [0.29, 0.717) is 12.8 Å². The summed E-state index contributed by atoms with van der Waals surface area (Å²) in [5.74, 6) is -2.23. The lowest BCUT2D eigenvalue weighted by Gasteiger charge is -2.00. The first-order valence-corrected chi connectivity index (χ1v) is 3.25. The number of halogens is 4. The number of rotatable bonds is 3. The molecule has 0 heterocycles. The summed E-state index contributed by atoms with van der Waals surface area (Å²) in [6.07, 6.45) is -3.73. The van der Waals surface area contributed by atoms with Crippen LogP contribution in [0.4, 0.5) is 17.6 Å². The topological polar surface area (TPSA) is 12.4 Å². The third-order valence-corrected chi connectivity index (χ3v) is 0.996. The first-order valence-electron chi connectivity index (χ1n) is 3.25. The number of hydrogen-bond donors (Lipinski definition) is 0. The monoisotopic (exact) mass is 171 g/mol. The van der Waals surface area contributed by atoms with Gasteiger partial charge in [-0.25, -0.2) is 0 Å². The van der Waals surface area contributed by atoms with Gasteiger partial charge in [0.25, 0.3) is 5.97 Å². The van der Waals surface area contributed by atoms with Gasteiger partial charge in [-0.15, -0.1) is 0 Å². The highest BCUT2D eigenvalue weighted by Gasteiger charge is 2.36. The third-order valence-electron chi connectivity index (χ3n) is 0.996. The summed E-state index contributed by atoms with van der Waals surface area (Å²) in [7, 11) is 0. The molecule has 66 valence electrons. The average Bonchev–Trinajstić information content (AvgIpc) is 1.86. The van der Waals surface area contributed by atoms with Crippen molar-refractivity contribution >= 4 is 5.97 Å². The molecule has 0 N–H and O–H groups in total. The lowest BCUT2D eigenvalue weighted by Crippen LogP contribution is -2.18. The van der Waals surface area contributed by atoms with E-state index < -0.39 is 12.1 Å². The highest BCUT2D eigenvalue weighted by atomic mass is 19.4. The Morgan fingerprint density at radius 1 is 1.36 bits per heavy atom. The summed E-state index contributed by atoms with van der Waals surface area (Å²) in [6, 6.07) is 0. The van der Waals surface area contributed by atoms with Crippen molar-refractivity contribution in [2.45, 2.75) is 25.9 Å². The zero-order chi connectivity index (χ0) is 8.91. The minimum atomic E-state index is -4.91. The molecule has 0 aromatic carbocycles. The molecule has 0 saturated heterocycles. The molecule has 0 amide bonds. The van der Waals surface area contributed by atoms with Crippen molar-refractivity contribution in [3.63, 3.8) is 0 Å². The number of hydrogen-bond acceptors (Lipinski definition) is 1. The van der Waals surface area contributed by atoms with E-state index in [4.69, 9.17) is 0 Å². The molecule has 0 rings (SSSR count). The van der Waals surface area contributed by atoms with Crippen LogP contribution in [0.25, 0.3) is 0 Å². The summed E-state index contributed by atoms with van der Waals surface area (Å²) in [5.41, 5.74) is 0. The van der Waals surface area contributed by atoms with Crippen molar-refractivity contribution in [3.05, 3.63) is 0 Å². The van der Waals surface area contributed by atoms with E-state index in [1.807, 2.05) is 0 Å². The van der Waals surface area contributed by atoms with Crippen LogP contribution >= 0.6 is 0 Å². The smallest absolute Gasteiger partial charge is 0.254 e. The van der Waals surface area contributed by atoms with Crippen LogP contribution in [0.1, 0.15) is 19.8 Å². The van der Waals surface area contributed by atoms with Gasteiger partial charge in [-0.1, -0.05) is 13.3 Å². The molecule has 0 aromatic heterocycles. The Morgan fingerprint density at radius 2 is 1.91 bits per heavy atom. The van der Waals surface area contributed by atoms with Crippen LogP contribution in [0, 0.1) is 0 Å². The third kappa shape index (κ3) is 4.75. The first-order chi connectivity index (χ1) is 4.98. The Balaban J connectivity index is 3.81. The van der Waals surface area contributed by atoms with E-state index in [-0.39, 0.29) is 6.54 Å². The number of alkyl halides is 3. The largest absolute Gasteiger partial charge is 0.461 e. The van der Waals surface area contributed by atoms with Gasteiger partial charge in [-0.3, -0.25) is 4.99 Å². The van der Waals surface area contributed by atoms with Crippen LogP contribution in [0.15, 0.2) is 4.99 Å². The minimum absolute atomic E-state index is 0.0954. The van der Waals surface area contributed by atoms with Crippen LogP contribution in [0.5, 0.6) is 0 Å². The van der Waals surface area contributed by atoms with E-state index in [1.54, 1.807) is 6.92 Å². The maximum Gasteiger partial charge on any atom is 0.461 e. The molecule has 0 spiro atoms. The van der Waals surface area contributed by atoms with Crippen LogP contribution in [-0.2, 0) is 0 Å².